The smallest absolute Gasteiger partial charge is 0.269 e. The number of ether oxygens (including phenoxy) is 3. The number of sulfonamides is 1. The Morgan fingerprint density at radius 1 is 1.02 bits per heavy atom. The molecular formula is C31H33N3O8S. The summed E-state index contributed by atoms with van der Waals surface area (Å²) in [6.45, 7) is -0.0184. The number of carbonyl (C=O) groups excluding carboxylic acids is 3. The van der Waals surface area contributed by atoms with E-state index in [1.165, 1.54) is 37.3 Å². The van der Waals surface area contributed by atoms with E-state index in [2.05, 4.69) is 5.32 Å². The second-order valence-electron chi connectivity index (χ2n) is 10.2. The molecule has 226 valence electrons. The minimum absolute atomic E-state index is 0.00621. The first kappa shape index (κ1) is 30.1. The van der Waals surface area contributed by atoms with E-state index in [1.807, 2.05) is 0 Å². The number of amides is 3. The molecule has 0 aliphatic carbocycles. The molecule has 11 nitrogen and oxygen atoms in total. The molecule has 0 unspecified atom stereocenters. The number of nitrogens with zero attached hydrogens (tertiary/aromatic N) is 2. The molecule has 5 rings (SSSR count). The fourth-order valence-electron chi connectivity index (χ4n) is 5.29. The van der Waals surface area contributed by atoms with Crippen LogP contribution in [0.1, 0.15) is 40.4 Å². The van der Waals surface area contributed by atoms with E-state index in [0.717, 1.165) is 12.8 Å². The quantitative estimate of drug-likeness (QED) is 0.352. The lowest BCUT2D eigenvalue weighted by atomic mass is 10.0. The number of carbonyl (C=O) groups is 3. The van der Waals surface area contributed by atoms with Gasteiger partial charge in [0.2, 0.25) is 11.8 Å². The van der Waals surface area contributed by atoms with Gasteiger partial charge in [-0.1, -0.05) is 36.4 Å². The first-order valence-electron chi connectivity index (χ1n) is 13.8. The van der Waals surface area contributed by atoms with E-state index in [-0.39, 0.29) is 29.7 Å². The molecule has 3 aromatic rings. The Morgan fingerprint density at radius 3 is 2.44 bits per heavy atom. The maximum absolute atomic E-state index is 14.2. The van der Waals surface area contributed by atoms with Crippen molar-refractivity contribution in [2.45, 2.75) is 36.4 Å². The zero-order chi connectivity index (χ0) is 30.6. The van der Waals surface area contributed by atoms with Gasteiger partial charge in [-0.2, -0.15) is 0 Å². The van der Waals surface area contributed by atoms with Crippen LogP contribution in [-0.4, -0.2) is 75.4 Å². The summed E-state index contributed by atoms with van der Waals surface area (Å²) >= 11 is 0. The van der Waals surface area contributed by atoms with Gasteiger partial charge in [-0.3, -0.25) is 14.4 Å². The Bertz CT molecular complexity index is 1620. The predicted molar refractivity (Wildman–Crippen MR) is 156 cm³/mol. The van der Waals surface area contributed by atoms with Crippen LogP contribution in [0.5, 0.6) is 11.5 Å². The topological polar surface area (TPSA) is 132 Å². The van der Waals surface area contributed by atoms with Crippen LogP contribution in [0.25, 0.3) is 0 Å². The molecule has 2 atom stereocenters. The number of methoxy groups -OCH3 is 2. The third-order valence-corrected chi connectivity index (χ3v) is 9.28. The Balaban J connectivity index is 1.53. The number of rotatable bonds is 11. The normalized spacial score (nSPS) is 17.7. The van der Waals surface area contributed by atoms with Crippen molar-refractivity contribution in [2.75, 3.05) is 33.9 Å². The number of hydrogen-bond donors (Lipinski definition) is 1. The van der Waals surface area contributed by atoms with Crippen LogP contribution in [0, 0.1) is 0 Å². The second kappa shape index (κ2) is 12.8. The average Bonchev–Trinajstić information content (AvgIpc) is 3.61. The molecule has 1 fully saturated rings. The van der Waals surface area contributed by atoms with Gasteiger partial charge in [0, 0.05) is 19.7 Å². The van der Waals surface area contributed by atoms with E-state index < -0.39 is 40.3 Å². The Hall–Kier alpha value is -4.42. The van der Waals surface area contributed by atoms with Gasteiger partial charge in [0.05, 0.1) is 25.9 Å². The van der Waals surface area contributed by atoms with Crippen molar-refractivity contribution in [3.8, 4) is 11.5 Å². The molecular weight excluding hydrogens is 574 g/mol. The van der Waals surface area contributed by atoms with E-state index in [9.17, 15) is 22.8 Å². The third kappa shape index (κ3) is 6.35. The van der Waals surface area contributed by atoms with E-state index in [4.69, 9.17) is 14.2 Å². The first-order valence-corrected chi connectivity index (χ1v) is 15.3. The first-order chi connectivity index (χ1) is 20.7. The molecule has 2 aliphatic rings. The molecule has 3 amide bonds. The number of nitrogens with one attached hydrogen (secondary N) is 1. The zero-order valence-corrected chi connectivity index (χ0v) is 24.7. The van der Waals surface area contributed by atoms with Gasteiger partial charge in [-0.05, 0) is 60.4 Å². The highest BCUT2D eigenvalue weighted by Crippen LogP contribution is 2.32. The number of benzene rings is 3. The Morgan fingerprint density at radius 2 is 1.74 bits per heavy atom. The maximum atomic E-state index is 14.2. The summed E-state index contributed by atoms with van der Waals surface area (Å²) in [5.41, 5.74) is 1.07. The third-order valence-electron chi connectivity index (χ3n) is 7.50. The summed E-state index contributed by atoms with van der Waals surface area (Å²) in [7, 11) is -1.26. The number of hydrogen-bond acceptors (Lipinski definition) is 8. The summed E-state index contributed by atoms with van der Waals surface area (Å²) in [6.07, 6.45) is 1.54. The lowest BCUT2D eigenvalue weighted by Crippen LogP contribution is -2.48. The molecule has 0 radical (unpaired) electrons. The van der Waals surface area contributed by atoms with Gasteiger partial charge in [0.15, 0.2) is 0 Å². The van der Waals surface area contributed by atoms with Crippen LogP contribution in [0.3, 0.4) is 0 Å². The van der Waals surface area contributed by atoms with Crippen LogP contribution in [0.2, 0.25) is 0 Å². The van der Waals surface area contributed by atoms with Gasteiger partial charge in [-0.25, -0.2) is 12.7 Å². The lowest BCUT2D eigenvalue weighted by Gasteiger charge is -2.33. The average molecular weight is 608 g/mol. The summed E-state index contributed by atoms with van der Waals surface area (Å²) < 4.78 is 43.6. The molecule has 2 aliphatic heterocycles. The summed E-state index contributed by atoms with van der Waals surface area (Å²) in [4.78, 5) is 42.4. The Labute approximate surface area is 250 Å². The molecule has 43 heavy (non-hydrogen) atoms. The largest absolute Gasteiger partial charge is 0.497 e. The molecule has 0 spiro atoms. The maximum Gasteiger partial charge on any atom is 0.269 e. The van der Waals surface area contributed by atoms with Crippen LogP contribution < -0.4 is 14.8 Å². The van der Waals surface area contributed by atoms with E-state index >= 15 is 0 Å². The van der Waals surface area contributed by atoms with Crippen LogP contribution in [0.4, 0.5) is 0 Å². The molecule has 1 N–H and O–H groups in total. The summed E-state index contributed by atoms with van der Waals surface area (Å²) in [5, 5.41) is 2.92. The molecule has 0 aromatic heterocycles. The Kier molecular flexibility index (Phi) is 8.97. The lowest BCUT2D eigenvalue weighted by molar-refractivity contribution is -0.141. The minimum Gasteiger partial charge on any atom is -0.497 e. The van der Waals surface area contributed by atoms with Crippen LogP contribution >= 0.6 is 0 Å². The summed E-state index contributed by atoms with van der Waals surface area (Å²) in [6, 6.07) is 18.4. The SMILES string of the molecule is COc1cccc(CN(C(=O)CN2C(=O)c3ccccc3S2(=O)=O)[C@@H](C(=O)NC[C@@H]2CCCO2)c2cccc(OC)c2)c1. The van der Waals surface area contributed by atoms with Crippen molar-refractivity contribution >= 4 is 27.7 Å². The molecule has 2 heterocycles. The van der Waals surface area contributed by atoms with E-state index in [0.29, 0.717) is 33.5 Å². The monoisotopic (exact) mass is 607 g/mol. The van der Waals surface area contributed by atoms with Crippen molar-refractivity contribution in [3.63, 3.8) is 0 Å². The minimum atomic E-state index is -4.27. The fourth-order valence-corrected chi connectivity index (χ4v) is 6.81. The van der Waals surface area contributed by atoms with Crippen molar-refractivity contribution in [3.05, 3.63) is 89.5 Å². The van der Waals surface area contributed by atoms with Gasteiger partial charge >= 0.3 is 0 Å². The molecule has 0 bridgehead atoms. The van der Waals surface area contributed by atoms with Crippen molar-refractivity contribution in [2.24, 2.45) is 0 Å². The standard InChI is InChI=1S/C31H33N3O8S/c1-40-23-10-5-8-21(16-23)19-33(28(35)20-34-31(37)26-13-3-4-14-27(26)43(34,38)39)29(22-9-6-11-24(17-22)41-2)30(36)32-18-25-12-7-15-42-25/h3-6,8-11,13-14,16-17,25,29H,7,12,15,18-20H2,1-2H3,(H,32,36)/t25-,29+/m0/s1. The van der Waals surface area contributed by atoms with Crippen molar-refractivity contribution in [1.82, 2.24) is 14.5 Å². The van der Waals surface area contributed by atoms with Crippen molar-refractivity contribution in [1.29, 1.82) is 0 Å². The zero-order valence-electron chi connectivity index (χ0n) is 23.9. The highest BCUT2D eigenvalue weighted by Gasteiger charge is 2.43. The molecule has 0 saturated carbocycles. The highest BCUT2D eigenvalue weighted by atomic mass is 32.2. The van der Waals surface area contributed by atoms with Crippen LogP contribution in [-0.2, 0) is 30.9 Å². The molecule has 12 heteroatoms. The summed E-state index contributed by atoms with van der Waals surface area (Å²) in [5.74, 6) is -1.02. The van der Waals surface area contributed by atoms with Crippen LogP contribution in [0.15, 0.2) is 77.7 Å². The highest BCUT2D eigenvalue weighted by molar-refractivity contribution is 7.90. The van der Waals surface area contributed by atoms with Gasteiger partial charge in [-0.15, -0.1) is 0 Å². The predicted octanol–water partition coefficient (Wildman–Crippen LogP) is 2.91. The molecule has 3 aromatic carbocycles. The van der Waals surface area contributed by atoms with Gasteiger partial charge in [0.1, 0.15) is 29.0 Å². The number of fused-ring (bicyclic) bond motifs is 1. The van der Waals surface area contributed by atoms with Gasteiger partial charge in [0.25, 0.3) is 15.9 Å². The second-order valence-corrected chi connectivity index (χ2v) is 12.1. The molecule has 1 saturated heterocycles. The van der Waals surface area contributed by atoms with Gasteiger partial charge < -0.3 is 24.4 Å². The van der Waals surface area contributed by atoms with Crippen molar-refractivity contribution < 1.29 is 37.0 Å². The fraction of sp³-hybridized carbons (Fsp3) is 0.323. The van der Waals surface area contributed by atoms with E-state index in [1.54, 1.807) is 54.6 Å².